The van der Waals surface area contributed by atoms with E-state index in [1.165, 1.54) is 27.3 Å². The van der Waals surface area contributed by atoms with E-state index < -0.39 is 0 Å². The van der Waals surface area contributed by atoms with Crippen LogP contribution in [0.25, 0.3) is 99.3 Å². The van der Waals surface area contributed by atoms with Gasteiger partial charge in [0.05, 0.1) is 0 Å². The highest BCUT2D eigenvalue weighted by molar-refractivity contribution is 6.13. The molecule has 0 aliphatic rings. The van der Waals surface area contributed by atoms with Crippen LogP contribution >= 0.6 is 0 Å². The zero-order valence-electron chi connectivity index (χ0n) is 27.0. The maximum atomic E-state index is 5.26. The van der Waals surface area contributed by atoms with Crippen LogP contribution in [-0.2, 0) is 0 Å². The van der Waals surface area contributed by atoms with Gasteiger partial charge in [-0.1, -0.05) is 146 Å². The molecule has 4 nitrogen and oxygen atoms in total. The molecule has 0 fully saturated rings. The average molecular weight is 637 g/mol. The third kappa shape index (κ3) is 4.61. The second-order valence-corrected chi connectivity index (χ2v) is 12.6. The van der Waals surface area contributed by atoms with E-state index >= 15 is 0 Å². The van der Waals surface area contributed by atoms with Crippen molar-refractivity contribution in [1.82, 2.24) is 19.9 Å². The Morgan fingerprint density at radius 1 is 0.300 bits per heavy atom. The molecule has 232 valence electrons. The topological polar surface area (TPSA) is 51.6 Å². The van der Waals surface area contributed by atoms with Crippen LogP contribution in [0.5, 0.6) is 0 Å². The van der Waals surface area contributed by atoms with Gasteiger partial charge >= 0.3 is 0 Å². The van der Waals surface area contributed by atoms with Crippen molar-refractivity contribution >= 4 is 53.9 Å². The second-order valence-electron chi connectivity index (χ2n) is 12.6. The van der Waals surface area contributed by atoms with E-state index in [0.717, 1.165) is 48.8 Å². The van der Waals surface area contributed by atoms with Crippen molar-refractivity contribution in [3.63, 3.8) is 0 Å². The summed E-state index contributed by atoms with van der Waals surface area (Å²) in [6.07, 6.45) is 1.95. The molecule has 50 heavy (non-hydrogen) atoms. The van der Waals surface area contributed by atoms with E-state index in [2.05, 4.69) is 158 Å². The molecule has 10 rings (SSSR count). The van der Waals surface area contributed by atoms with Crippen molar-refractivity contribution in [2.75, 3.05) is 0 Å². The number of aromatic nitrogens is 4. The lowest BCUT2D eigenvalue weighted by Gasteiger charge is -2.14. The molecule has 2 aromatic heterocycles. The van der Waals surface area contributed by atoms with Crippen LogP contribution in [0.1, 0.15) is 0 Å². The summed E-state index contributed by atoms with van der Waals surface area (Å²) in [6, 6.07) is 57.4. The molecule has 0 radical (unpaired) electrons. The Kier molecular flexibility index (Phi) is 6.46. The summed E-state index contributed by atoms with van der Waals surface area (Å²) in [5, 5.41) is 11.4. The van der Waals surface area contributed by atoms with Crippen LogP contribution < -0.4 is 0 Å². The molecule has 0 saturated carbocycles. The summed E-state index contributed by atoms with van der Waals surface area (Å²) in [4.78, 5) is 20.6. The standard InChI is InChI=1S/C46H28N4/c1-2-12-29(13-3-1)35-24-25-40(38-20-10-8-19-37(35)38)44-48-45(41-26-31-15-5-7-17-34(31)36-18-9-11-21-39(36)41)50-46(49-44)43-27-32-23-22-30-14-4-6-16-33(30)42(32)28-47-43/h1-28H. The molecule has 0 N–H and O–H groups in total. The minimum atomic E-state index is 0.536. The van der Waals surface area contributed by atoms with Crippen molar-refractivity contribution in [3.8, 4) is 45.4 Å². The van der Waals surface area contributed by atoms with E-state index in [0.29, 0.717) is 23.2 Å². The molecule has 0 unspecified atom stereocenters. The Morgan fingerprint density at radius 2 is 0.800 bits per heavy atom. The second kappa shape index (κ2) is 11.4. The van der Waals surface area contributed by atoms with E-state index in [1.54, 1.807) is 0 Å². The normalized spacial score (nSPS) is 11.6. The van der Waals surface area contributed by atoms with Crippen LogP contribution in [0.4, 0.5) is 0 Å². The van der Waals surface area contributed by atoms with Gasteiger partial charge in [0.2, 0.25) is 0 Å². The highest BCUT2D eigenvalue weighted by Gasteiger charge is 2.19. The van der Waals surface area contributed by atoms with Crippen molar-refractivity contribution in [1.29, 1.82) is 0 Å². The molecular formula is C46H28N4. The SMILES string of the molecule is c1ccc(-c2ccc(-c3nc(-c4cc5ccc6ccccc6c5cn4)nc(-c4cc5ccccc5c5ccccc45)n3)c3ccccc23)cc1. The van der Waals surface area contributed by atoms with Crippen LogP contribution in [-0.4, -0.2) is 19.9 Å². The van der Waals surface area contributed by atoms with E-state index in [-0.39, 0.29) is 0 Å². The lowest BCUT2D eigenvalue weighted by molar-refractivity contribution is 1.06. The quantitative estimate of drug-likeness (QED) is 0.180. The maximum Gasteiger partial charge on any atom is 0.182 e. The largest absolute Gasteiger partial charge is 0.252 e. The summed E-state index contributed by atoms with van der Waals surface area (Å²) in [5.41, 5.74) is 4.95. The van der Waals surface area contributed by atoms with Crippen LogP contribution in [0.15, 0.2) is 170 Å². The zero-order chi connectivity index (χ0) is 33.0. The number of benzene rings is 8. The van der Waals surface area contributed by atoms with E-state index in [4.69, 9.17) is 19.9 Å². The summed E-state index contributed by atoms with van der Waals surface area (Å²) < 4.78 is 0. The smallest absolute Gasteiger partial charge is 0.182 e. The Morgan fingerprint density at radius 3 is 1.56 bits per heavy atom. The fourth-order valence-electron chi connectivity index (χ4n) is 7.36. The number of hydrogen-bond donors (Lipinski definition) is 0. The minimum absolute atomic E-state index is 0.536. The first-order chi connectivity index (χ1) is 24.8. The van der Waals surface area contributed by atoms with Gasteiger partial charge in [0.25, 0.3) is 0 Å². The summed E-state index contributed by atoms with van der Waals surface area (Å²) >= 11 is 0. The molecule has 0 atom stereocenters. The van der Waals surface area contributed by atoms with Gasteiger partial charge < -0.3 is 0 Å². The third-order valence-corrected chi connectivity index (χ3v) is 9.75. The van der Waals surface area contributed by atoms with Gasteiger partial charge in [-0.05, 0) is 77.8 Å². The number of fused-ring (bicyclic) bond motifs is 7. The molecule has 10 aromatic rings. The lowest BCUT2D eigenvalue weighted by Crippen LogP contribution is -2.02. The Hall–Kier alpha value is -6.78. The van der Waals surface area contributed by atoms with Crippen molar-refractivity contribution in [2.24, 2.45) is 0 Å². The molecule has 0 bridgehead atoms. The first-order valence-electron chi connectivity index (χ1n) is 16.8. The minimum Gasteiger partial charge on any atom is -0.252 e. The molecule has 0 aliphatic carbocycles. The highest BCUT2D eigenvalue weighted by atomic mass is 15.0. The van der Waals surface area contributed by atoms with Crippen molar-refractivity contribution < 1.29 is 0 Å². The summed E-state index contributed by atoms with van der Waals surface area (Å²) in [6.45, 7) is 0. The fourth-order valence-corrected chi connectivity index (χ4v) is 7.36. The van der Waals surface area contributed by atoms with Crippen LogP contribution in [0, 0.1) is 0 Å². The molecule has 0 spiro atoms. The number of pyridine rings is 1. The molecule has 4 heteroatoms. The molecule has 0 aliphatic heterocycles. The maximum absolute atomic E-state index is 5.26. The van der Waals surface area contributed by atoms with Crippen molar-refractivity contribution in [2.45, 2.75) is 0 Å². The Labute approximate surface area is 288 Å². The Balaban J connectivity index is 1.25. The monoisotopic (exact) mass is 636 g/mol. The molecular weight excluding hydrogens is 609 g/mol. The molecule has 2 heterocycles. The number of nitrogens with zero attached hydrogens (tertiary/aromatic N) is 4. The van der Waals surface area contributed by atoms with E-state index in [1.807, 2.05) is 12.3 Å². The van der Waals surface area contributed by atoms with Crippen molar-refractivity contribution in [3.05, 3.63) is 170 Å². The average Bonchev–Trinajstić information content (AvgIpc) is 3.20. The summed E-state index contributed by atoms with van der Waals surface area (Å²) in [7, 11) is 0. The predicted octanol–water partition coefficient (Wildman–Crippen LogP) is 11.7. The zero-order valence-corrected chi connectivity index (χ0v) is 27.0. The van der Waals surface area contributed by atoms with Gasteiger partial charge in [-0.2, -0.15) is 0 Å². The molecule has 0 saturated heterocycles. The lowest BCUT2D eigenvalue weighted by atomic mass is 9.94. The summed E-state index contributed by atoms with van der Waals surface area (Å²) in [5.74, 6) is 1.76. The Bertz CT molecular complexity index is 2930. The van der Waals surface area contributed by atoms with Gasteiger partial charge in [-0.25, -0.2) is 15.0 Å². The molecule has 8 aromatic carbocycles. The number of hydrogen-bond acceptors (Lipinski definition) is 4. The number of rotatable bonds is 4. The van der Waals surface area contributed by atoms with Gasteiger partial charge in [0, 0.05) is 22.7 Å². The fraction of sp³-hybridized carbons (Fsp3) is 0. The highest BCUT2D eigenvalue weighted by Crippen LogP contribution is 2.38. The van der Waals surface area contributed by atoms with E-state index in [9.17, 15) is 0 Å². The van der Waals surface area contributed by atoms with Gasteiger partial charge in [0.1, 0.15) is 5.69 Å². The molecule has 0 amide bonds. The van der Waals surface area contributed by atoms with Crippen LogP contribution in [0.2, 0.25) is 0 Å². The first-order valence-corrected chi connectivity index (χ1v) is 16.8. The predicted molar refractivity (Wildman–Crippen MR) is 207 cm³/mol. The van der Waals surface area contributed by atoms with Crippen LogP contribution in [0.3, 0.4) is 0 Å². The first kappa shape index (κ1) is 28.3. The van der Waals surface area contributed by atoms with Gasteiger partial charge in [0.15, 0.2) is 17.5 Å². The van der Waals surface area contributed by atoms with Gasteiger partial charge in [-0.15, -0.1) is 0 Å². The van der Waals surface area contributed by atoms with Gasteiger partial charge in [-0.3, -0.25) is 4.98 Å². The third-order valence-electron chi connectivity index (χ3n) is 9.75.